The summed E-state index contributed by atoms with van der Waals surface area (Å²) in [6, 6.07) is 7.71. The number of likely N-dealkylation sites (tertiary alicyclic amines) is 1. The van der Waals surface area contributed by atoms with E-state index in [0.717, 1.165) is 37.1 Å². The van der Waals surface area contributed by atoms with Crippen LogP contribution in [0.5, 0.6) is 0 Å². The average molecular weight is 257 g/mol. The van der Waals surface area contributed by atoms with E-state index in [2.05, 4.69) is 6.92 Å². The van der Waals surface area contributed by atoms with Crippen molar-refractivity contribution in [2.24, 2.45) is 5.92 Å². The molecule has 1 aliphatic carbocycles. The number of nitrogens with zero attached hydrogens (tertiary/aromatic N) is 1. The summed E-state index contributed by atoms with van der Waals surface area (Å²) in [5, 5.41) is 0. The highest BCUT2D eigenvalue weighted by molar-refractivity contribution is 6.02. The van der Waals surface area contributed by atoms with Gasteiger partial charge in [-0.15, -0.1) is 0 Å². The fourth-order valence-corrected chi connectivity index (χ4v) is 3.32. The summed E-state index contributed by atoms with van der Waals surface area (Å²) >= 11 is 0. The smallest absolute Gasteiger partial charge is 0.226 e. The monoisotopic (exact) mass is 257 g/mol. The summed E-state index contributed by atoms with van der Waals surface area (Å²) in [4.78, 5) is 26.7. The third-order valence-corrected chi connectivity index (χ3v) is 4.50. The molecule has 100 valence electrons. The normalized spacial score (nSPS) is 26.4. The summed E-state index contributed by atoms with van der Waals surface area (Å²) in [7, 11) is 0. The van der Waals surface area contributed by atoms with Crippen LogP contribution in [0.2, 0.25) is 0 Å². The second kappa shape index (κ2) is 4.80. The molecule has 1 aromatic rings. The van der Waals surface area contributed by atoms with Gasteiger partial charge in [0.2, 0.25) is 5.91 Å². The van der Waals surface area contributed by atoms with Crippen LogP contribution in [-0.2, 0) is 4.79 Å². The Kier molecular flexibility index (Phi) is 3.13. The second-order valence-electron chi connectivity index (χ2n) is 5.64. The van der Waals surface area contributed by atoms with Gasteiger partial charge in [-0.25, -0.2) is 0 Å². The number of benzene rings is 1. The summed E-state index contributed by atoms with van der Waals surface area (Å²) in [6.07, 6.45) is 2.56. The maximum absolute atomic E-state index is 12.5. The molecule has 0 bridgehead atoms. The number of carbonyl (C=O) groups is 2. The molecule has 1 aromatic carbocycles. The molecule has 1 saturated heterocycles. The molecule has 0 unspecified atom stereocenters. The number of carbonyl (C=O) groups excluding carboxylic acids is 2. The van der Waals surface area contributed by atoms with Crippen molar-refractivity contribution >= 4 is 11.7 Å². The largest absolute Gasteiger partial charge is 0.342 e. The van der Waals surface area contributed by atoms with Crippen molar-refractivity contribution in [1.82, 2.24) is 4.90 Å². The van der Waals surface area contributed by atoms with Crippen molar-refractivity contribution in [2.75, 3.05) is 13.1 Å². The van der Waals surface area contributed by atoms with Gasteiger partial charge in [0.1, 0.15) is 0 Å². The lowest BCUT2D eigenvalue weighted by molar-refractivity contribution is -0.135. The molecule has 0 aromatic heterocycles. The van der Waals surface area contributed by atoms with Gasteiger partial charge in [0.15, 0.2) is 5.78 Å². The quantitative estimate of drug-likeness (QED) is 0.775. The van der Waals surface area contributed by atoms with E-state index in [1.807, 2.05) is 29.2 Å². The number of Topliss-reactive ketones (excluding diaryl/α,β-unsaturated/α-hetero) is 1. The van der Waals surface area contributed by atoms with Crippen LogP contribution in [0, 0.1) is 5.92 Å². The lowest BCUT2D eigenvalue weighted by atomic mass is 9.75. The number of rotatable bonds is 1. The number of hydrogen-bond acceptors (Lipinski definition) is 2. The standard InChI is InChI=1S/C16H19NO2/c1-11-12-6-2-3-7-13(12)15(18)10-14(11)16(19)17-8-4-5-9-17/h2-3,6-7,11,14H,4-5,8-10H2,1H3/t11-,14-/m0/s1. The Hall–Kier alpha value is -1.64. The predicted octanol–water partition coefficient (Wildman–Crippen LogP) is 2.62. The van der Waals surface area contributed by atoms with E-state index in [4.69, 9.17) is 0 Å². The summed E-state index contributed by atoms with van der Waals surface area (Å²) in [6.45, 7) is 3.79. The Morgan fingerprint density at radius 1 is 1.21 bits per heavy atom. The van der Waals surface area contributed by atoms with Gasteiger partial charge in [0, 0.05) is 25.1 Å². The zero-order valence-corrected chi connectivity index (χ0v) is 11.3. The molecule has 1 amide bonds. The van der Waals surface area contributed by atoms with Crippen LogP contribution in [0.4, 0.5) is 0 Å². The summed E-state index contributed by atoms with van der Waals surface area (Å²) in [5.41, 5.74) is 1.84. The molecular formula is C16H19NO2. The second-order valence-corrected chi connectivity index (χ2v) is 5.64. The minimum atomic E-state index is -0.166. The van der Waals surface area contributed by atoms with Crippen molar-refractivity contribution in [1.29, 1.82) is 0 Å². The fourth-order valence-electron chi connectivity index (χ4n) is 3.32. The minimum Gasteiger partial charge on any atom is -0.342 e. The van der Waals surface area contributed by atoms with Crippen LogP contribution in [0.25, 0.3) is 0 Å². The average Bonchev–Trinajstić information content (AvgIpc) is 2.96. The van der Waals surface area contributed by atoms with Gasteiger partial charge in [-0.05, 0) is 24.3 Å². The topological polar surface area (TPSA) is 37.4 Å². The van der Waals surface area contributed by atoms with Crippen LogP contribution < -0.4 is 0 Å². The van der Waals surface area contributed by atoms with E-state index in [0.29, 0.717) is 6.42 Å². The number of ketones is 1. The van der Waals surface area contributed by atoms with E-state index >= 15 is 0 Å². The third-order valence-electron chi connectivity index (χ3n) is 4.50. The van der Waals surface area contributed by atoms with Crippen LogP contribution in [0.3, 0.4) is 0 Å². The maximum atomic E-state index is 12.5. The highest BCUT2D eigenvalue weighted by atomic mass is 16.2. The molecule has 3 rings (SSSR count). The van der Waals surface area contributed by atoms with Gasteiger partial charge in [-0.3, -0.25) is 9.59 Å². The van der Waals surface area contributed by atoms with E-state index in [9.17, 15) is 9.59 Å². The number of amides is 1. The predicted molar refractivity (Wildman–Crippen MR) is 73.1 cm³/mol. The summed E-state index contributed by atoms with van der Waals surface area (Å²) < 4.78 is 0. The number of hydrogen-bond donors (Lipinski definition) is 0. The van der Waals surface area contributed by atoms with Crippen molar-refractivity contribution in [2.45, 2.75) is 32.1 Å². The van der Waals surface area contributed by atoms with Crippen molar-refractivity contribution in [3.05, 3.63) is 35.4 Å². The first kappa shape index (κ1) is 12.4. The van der Waals surface area contributed by atoms with Gasteiger partial charge in [-0.1, -0.05) is 31.2 Å². The Balaban J connectivity index is 1.89. The zero-order valence-electron chi connectivity index (χ0n) is 11.3. The molecule has 2 aliphatic rings. The molecule has 3 heteroatoms. The van der Waals surface area contributed by atoms with Crippen molar-refractivity contribution in [3.63, 3.8) is 0 Å². The fraction of sp³-hybridized carbons (Fsp3) is 0.500. The SMILES string of the molecule is C[C@H]1c2ccccc2C(=O)C[C@@H]1C(=O)N1CCCC1. The summed E-state index contributed by atoms with van der Waals surface area (Å²) in [5.74, 6) is 0.265. The van der Waals surface area contributed by atoms with Gasteiger partial charge in [-0.2, -0.15) is 0 Å². The highest BCUT2D eigenvalue weighted by Gasteiger charge is 2.37. The molecule has 2 atom stereocenters. The van der Waals surface area contributed by atoms with Gasteiger partial charge in [0.25, 0.3) is 0 Å². The Morgan fingerprint density at radius 3 is 2.63 bits per heavy atom. The first-order valence-electron chi connectivity index (χ1n) is 7.09. The minimum absolute atomic E-state index is 0.117. The van der Waals surface area contributed by atoms with E-state index < -0.39 is 0 Å². The highest BCUT2D eigenvalue weighted by Crippen LogP contribution is 2.37. The molecule has 1 heterocycles. The maximum Gasteiger partial charge on any atom is 0.226 e. The van der Waals surface area contributed by atoms with Crippen LogP contribution >= 0.6 is 0 Å². The molecule has 19 heavy (non-hydrogen) atoms. The van der Waals surface area contributed by atoms with Crippen molar-refractivity contribution < 1.29 is 9.59 Å². The van der Waals surface area contributed by atoms with Gasteiger partial charge >= 0.3 is 0 Å². The number of fused-ring (bicyclic) bond motifs is 1. The molecular weight excluding hydrogens is 238 g/mol. The lowest BCUT2D eigenvalue weighted by Gasteiger charge is -2.32. The molecule has 3 nitrogen and oxygen atoms in total. The van der Waals surface area contributed by atoms with Crippen LogP contribution in [0.15, 0.2) is 24.3 Å². The molecule has 0 saturated carbocycles. The first-order chi connectivity index (χ1) is 9.18. The molecule has 0 spiro atoms. The van der Waals surface area contributed by atoms with Crippen molar-refractivity contribution in [3.8, 4) is 0 Å². The van der Waals surface area contributed by atoms with E-state index in [-0.39, 0.29) is 23.5 Å². The third kappa shape index (κ3) is 2.07. The van der Waals surface area contributed by atoms with E-state index in [1.54, 1.807) is 0 Å². The Bertz CT molecular complexity index is 517. The first-order valence-corrected chi connectivity index (χ1v) is 7.09. The van der Waals surface area contributed by atoms with Gasteiger partial charge < -0.3 is 4.90 Å². The molecule has 1 aliphatic heterocycles. The van der Waals surface area contributed by atoms with Gasteiger partial charge in [0.05, 0.1) is 5.92 Å². The zero-order chi connectivity index (χ0) is 13.4. The Morgan fingerprint density at radius 2 is 1.89 bits per heavy atom. The molecule has 1 fully saturated rings. The lowest BCUT2D eigenvalue weighted by Crippen LogP contribution is -2.39. The van der Waals surface area contributed by atoms with Crippen LogP contribution in [-0.4, -0.2) is 29.7 Å². The molecule has 0 radical (unpaired) electrons. The van der Waals surface area contributed by atoms with E-state index in [1.165, 1.54) is 0 Å². The Labute approximate surface area is 113 Å². The van der Waals surface area contributed by atoms with Crippen LogP contribution in [0.1, 0.15) is 48.0 Å². The molecule has 0 N–H and O–H groups in total.